The fourth-order valence-corrected chi connectivity index (χ4v) is 7.82. The minimum absolute atomic E-state index is 0.0509. The molecule has 0 amide bonds. The molecule has 1 aromatic heterocycles. The highest BCUT2D eigenvalue weighted by molar-refractivity contribution is 8.77. The smallest absolute Gasteiger partial charge is 0.435 e. The Labute approximate surface area is 221 Å². The lowest BCUT2D eigenvalue weighted by molar-refractivity contribution is -0.218. The normalized spacial score (nSPS) is 16.9. The van der Waals surface area contributed by atoms with E-state index in [2.05, 4.69) is 9.50 Å². The molecule has 12 heteroatoms. The van der Waals surface area contributed by atoms with Gasteiger partial charge < -0.3 is 5.11 Å². The number of benzene rings is 2. The maximum absolute atomic E-state index is 13.4. The maximum Gasteiger partial charge on any atom is 0.435 e. The zero-order valence-corrected chi connectivity index (χ0v) is 22.4. The lowest BCUT2D eigenvalue weighted by Gasteiger charge is -2.12. The first-order chi connectivity index (χ1) is 17.5. The van der Waals surface area contributed by atoms with Gasteiger partial charge >= 0.3 is 6.18 Å². The van der Waals surface area contributed by atoms with Crippen LogP contribution in [0.4, 0.5) is 13.2 Å². The zero-order valence-electron chi connectivity index (χ0n) is 19.9. The van der Waals surface area contributed by atoms with E-state index in [0.717, 1.165) is 41.3 Å². The average Bonchev–Trinajstić information content (AvgIpc) is 3.52. The van der Waals surface area contributed by atoms with Crippen molar-refractivity contribution in [2.45, 2.75) is 55.3 Å². The van der Waals surface area contributed by atoms with E-state index in [1.165, 1.54) is 24.3 Å². The van der Waals surface area contributed by atoms with Crippen molar-refractivity contribution in [3.63, 3.8) is 0 Å². The molecule has 3 aromatic rings. The Balaban J connectivity index is 1.51. The van der Waals surface area contributed by atoms with Gasteiger partial charge in [-0.25, -0.2) is 4.68 Å². The predicted octanol–water partition coefficient (Wildman–Crippen LogP) is 6.03. The van der Waals surface area contributed by atoms with Crippen LogP contribution < -0.4 is 5.11 Å². The van der Waals surface area contributed by atoms with E-state index in [1.54, 1.807) is 24.3 Å². The van der Waals surface area contributed by atoms with Crippen LogP contribution in [-0.4, -0.2) is 35.1 Å². The SMILES string of the molecule is Cc1ccc(-c2cc(C(F)(F)F)nn2-c2ccc(S(=O)(=O)/N=C(\[O-])CCCCC3CCSS3)cc2)cc1. The second-order valence-electron chi connectivity index (χ2n) is 8.72. The van der Waals surface area contributed by atoms with E-state index in [0.29, 0.717) is 17.2 Å². The summed E-state index contributed by atoms with van der Waals surface area (Å²) in [5, 5.41) is 16.5. The third-order valence-electron chi connectivity index (χ3n) is 5.84. The van der Waals surface area contributed by atoms with Gasteiger partial charge in [0.2, 0.25) is 0 Å². The van der Waals surface area contributed by atoms with Gasteiger partial charge in [0.15, 0.2) is 5.69 Å². The fraction of sp³-hybridized carbons (Fsp3) is 0.360. The summed E-state index contributed by atoms with van der Waals surface area (Å²) in [5.41, 5.74) is 0.851. The molecule has 2 aromatic carbocycles. The molecule has 2 heterocycles. The Bertz CT molecular complexity index is 1350. The number of aryl methyl sites for hydroxylation is 1. The molecule has 198 valence electrons. The van der Waals surface area contributed by atoms with Crippen molar-refractivity contribution >= 4 is 37.5 Å². The van der Waals surface area contributed by atoms with Crippen LogP contribution in [0.25, 0.3) is 16.9 Å². The summed E-state index contributed by atoms with van der Waals surface area (Å²) in [4.78, 5) is -0.218. The van der Waals surface area contributed by atoms with Gasteiger partial charge in [-0.1, -0.05) is 57.8 Å². The lowest BCUT2D eigenvalue weighted by Crippen LogP contribution is -2.19. The molecule has 1 unspecified atom stereocenters. The van der Waals surface area contributed by atoms with Gasteiger partial charge in [0, 0.05) is 16.6 Å². The number of unbranched alkanes of at least 4 members (excludes halogenated alkanes) is 1. The molecule has 0 radical (unpaired) electrons. The largest absolute Gasteiger partial charge is 0.861 e. The molecule has 1 fully saturated rings. The number of hydrogen-bond donors (Lipinski definition) is 0. The first-order valence-corrected chi connectivity index (χ1v) is 15.5. The van der Waals surface area contributed by atoms with Crippen LogP contribution in [0.15, 0.2) is 63.9 Å². The number of hydrogen-bond acceptors (Lipinski definition) is 6. The van der Waals surface area contributed by atoms with Crippen LogP contribution >= 0.6 is 21.6 Å². The molecule has 4 rings (SSSR count). The molecular formula is C25H25F3N3O3S3-. The molecule has 1 aliphatic rings. The second kappa shape index (κ2) is 11.5. The molecule has 0 aliphatic carbocycles. The van der Waals surface area contributed by atoms with Crippen molar-refractivity contribution < 1.29 is 26.7 Å². The molecule has 37 heavy (non-hydrogen) atoms. The van der Waals surface area contributed by atoms with E-state index >= 15 is 0 Å². The highest BCUT2D eigenvalue weighted by Crippen LogP contribution is 2.40. The molecule has 0 spiro atoms. The first kappa shape index (κ1) is 27.6. The average molecular weight is 569 g/mol. The van der Waals surface area contributed by atoms with Crippen LogP contribution in [0, 0.1) is 6.92 Å². The minimum atomic E-state index is -4.65. The number of halogens is 3. The second-order valence-corrected chi connectivity index (χ2v) is 13.1. The zero-order chi connectivity index (χ0) is 26.6. The highest BCUT2D eigenvalue weighted by atomic mass is 33.1. The summed E-state index contributed by atoms with van der Waals surface area (Å²) >= 11 is 0. The first-order valence-electron chi connectivity index (χ1n) is 11.7. The Hall–Kier alpha value is -2.44. The van der Waals surface area contributed by atoms with E-state index in [4.69, 9.17) is 0 Å². The number of aromatic nitrogens is 2. The summed E-state index contributed by atoms with van der Waals surface area (Å²) in [6.45, 7) is 1.87. The van der Waals surface area contributed by atoms with Gasteiger partial charge in [-0.15, -0.1) is 0 Å². The Morgan fingerprint density at radius 3 is 2.46 bits per heavy atom. The van der Waals surface area contributed by atoms with Gasteiger partial charge in [0.1, 0.15) is 0 Å². The van der Waals surface area contributed by atoms with Crippen molar-refractivity contribution in [1.29, 1.82) is 0 Å². The van der Waals surface area contributed by atoms with Crippen molar-refractivity contribution in [2.24, 2.45) is 4.40 Å². The van der Waals surface area contributed by atoms with E-state index < -0.39 is 27.8 Å². The van der Waals surface area contributed by atoms with Crippen LogP contribution in [0.1, 0.15) is 43.4 Å². The number of nitrogens with zero attached hydrogens (tertiary/aromatic N) is 3. The Morgan fingerprint density at radius 1 is 1.14 bits per heavy atom. The van der Waals surface area contributed by atoms with E-state index in [9.17, 15) is 26.7 Å². The third-order valence-corrected chi connectivity index (χ3v) is 10.2. The topological polar surface area (TPSA) is 87.4 Å². The van der Waals surface area contributed by atoms with Crippen LogP contribution in [0.5, 0.6) is 0 Å². The molecular weight excluding hydrogens is 543 g/mol. The fourth-order valence-electron chi connectivity index (χ4n) is 3.85. The summed E-state index contributed by atoms with van der Waals surface area (Å²) in [6.07, 6.45) is -1.05. The standard InChI is InChI=1S/C25H26F3N3O3S3/c1-17-6-8-18(9-7-17)22-16-23(25(26,27)28)29-31(22)19-10-12-21(13-11-19)37(33,34)30-24(32)5-3-2-4-20-14-15-35-36-20/h6-13,16,20H,2-5,14-15H2,1H3,(H,30,32)/p-1. The Kier molecular flexibility index (Phi) is 8.59. The summed E-state index contributed by atoms with van der Waals surface area (Å²) in [7, 11) is -0.527. The predicted molar refractivity (Wildman–Crippen MR) is 140 cm³/mol. The molecule has 1 aliphatic heterocycles. The number of alkyl halides is 3. The molecule has 0 bridgehead atoms. The highest BCUT2D eigenvalue weighted by Gasteiger charge is 2.35. The van der Waals surface area contributed by atoms with Gasteiger partial charge in [-0.2, -0.15) is 31.1 Å². The minimum Gasteiger partial charge on any atom is -0.861 e. The van der Waals surface area contributed by atoms with Crippen molar-refractivity contribution in [2.75, 3.05) is 5.75 Å². The molecule has 1 saturated heterocycles. The Morgan fingerprint density at radius 2 is 1.84 bits per heavy atom. The summed E-state index contributed by atoms with van der Waals surface area (Å²) in [5.74, 6) is 0.429. The molecule has 0 N–H and O–H groups in total. The third kappa shape index (κ3) is 7.11. The van der Waals surface area contributed by atoms with Gasteiger partial charge in [0.25, 0.3) is 10.0 Å². The van der Waals surface area contributed by atoms with Crippen molar-refractivity contribution in [1.82, 2.24) is 9.78 Å². The summed E-state index contributed by atoms with van der Waals surface area (Å²) in [6, 6.07) is 13.0. The van der Waals surface area contributed by atoms with E-state index in [-0.39, 0.29) is 22.7 Å². The number of sulfonamides is 1. The van der Waals surface area contributed by atoms with Gasteiger partial charge in [-0.05, 0) is 68.8 Å². The quantitative estimate of drug-likeness (QED) is 0.136. The van der Waals surface area contributed by atoms with Gasteiger partial charge in [-0.3, -0.25) is 0 Å². The lowest BCUT2D eigenvalue weighted by atomic mass is 10.1. The van der Waals surface area contributed by atoms with Gasteiger partial charge in [0.05, 0.1) is 16.3 Å². The van der Waals surface area contributed by atoms with Crippen LogP contribution in [0.3, 0.4) is 0 Å². The van der Waals surface area contributed by atoms with Crippen LogP contribution in [-0.2, 0) is 16.2 Å². The van der Waals surface area contributed by atoms with Crippen molar-refractivity contribution in [3.8, 4) is 16.9 Å². The van der Waals surface area contributed by atoms with Crippen molar-refractivity contribution in [3.05, 3.63) is 65.9 Å². The molecule has 6 nitrogen and oxygen atoms in total. The number of rotatable bonds is 9. The maximum atomic E-state index is 13.4. The van der Waals surface area contributed by atoms with Crippen LogP contribution in [0.2, 0.25) is 0 Å². The monoisotopic (exact) mass is 568 g/mol. The molecule has 0 saturated carbocycles. The summed E-state index contributed by atoms with van der Waals surface area (Å²) < 4.78 is 70.0. The van der Waals surface area contributed by atoms with E-state index in [1.807, 2.05) is 28.5 Å². The molecule has 1 atom stereocenters.